The second-order valence-electron chi connectivity index (χ2n) is 18.8. The quantitative estimate of drug-likeness (QED) is 0.193. The number of hydrogen-bond acceptors (Lipinski definition) is 3. The fraction of sp³-hybridized carbons (Fsp3) is 0.675. The molecule has 0 aromatic heterocycles. The van der Waals surface area contributed by atoms with Crippen molar-refractivity contribution in [3.8, 4) is 0 Å². The van der Waals surface area contributed by atoms with Crippen molar-refractivity contribution in [3.05, 3.63) is 48.0 Å². The highest BCUT2D eigenvalue weighted by atomic mass is 19.4. The van der Waals surface area contributed by atoms with Gasteiger partial charge in [0.05, 0.1) is 11.8 Å². The predicted molar refractivity (Wildman–Crippen MR) is 188 cm³/mol. The summed E-state index contributed by atoms with van der Waals surface area (Å²) < 4.78 is 47.9. The van der Waals surface area contributed by atoms with E-state index >= 15 is 13.2 Å². The monoisotopic (exact) mass is 692 g/mol. The number of rotatable bonds is 13. The molecule has 0 aliphatic carbocycles. The van der Waals surface area contributed by atoms with Crippen LogP contribution in [-0.2, 0) is 14.4 Å². The lowest BCUT2D eigenvalue weighted by Crippen LogP contribution is -2.65. The van der Waals surface area contributed by atoms with E-state index in [0.29, 0.717) is 6.42 Å². The molecule has 0 bridgehead atoms. The summed E-state index contributed by atoms with van der Waals surface area (Å²) in [5.41, 5.74) is -10.5. The van der Waals surface area contributed by atoms with E-state index in [9.17, 15) is 29.7 Å². The summed E-state index contributed by atoms with van der Waals surface area (Å²) in [6.07, 6.45) is -5.63. The SMILES string of the molecule is CC(C)(C)CC(c1ccc2ccccc2c1)C(C)(C)C(C)(C)CC(C(=O)O)(C(F)(F)F)C(C)(C)C(C)(C)C(C(=O)O)C(C(=O)O)C(C)(C)C. The van der Waals surface area contributed by atoms with Gasteiger partial charge in [-0.3, -0.25) is 14.4 Å². The molecule has 9 heteroatoms. The van der Waals surface area contributed by atoms with E-state index in [1.807, 2.05) is 50.2 Å². The minimum absolute atomic E-state index is 0.244. The highest BCUT2D eigenvalue weighted by Gasteiger charge is 2.75. The number of fused-ring (bicyclic) bond motifs is 1. The summed E-state index contributed by atoms with van der Waals surface area (Å²) in [4.78, 5) is 39.1. The van der Waals surface area contributed by atoms with E-state index in [1.54, 1.807) is 13.8 Å². The zero-order valence-corrected chi connectivity index (χ0v) is 31.9. The number of halogens is 3. The van der Waals surface area contributed by atoms with Crippen LogP contribution in [-0.4, -0.2) is 39.4 Å². The highest BCUT2D eigenvalue weighted by molar-refractivity contribution is 5.84. The molecule has 276 valence electrons. The fourth-order valence-corrected chi connectivity index (χ4v) is 8.15. The van der Waals surface area contributed by atoms with Gasteiger partial charge in [-0.15, -0.1) is 0 Å². The van der Waals surface area contributed by atoms with Crippen LogP contribution in [0.15, 0.2) is 42.5 Å². The van der Waals surface area contributed by atoms with Crippen LogP contribution in [0.4, 0.5) is 13.2 Å². The molecule has 0 aliphatic heterocycles. The predicted octanol–water partition coefficient (Wildman–Crippen LogP) is 10.9. The Labute approximate surface area is 290 Å². The Morgan fingerprint density at radius 3 is 1.51 bits per heavy atom. The van der Waals surface area contributed by atoms with Gasteiger partial charge in [0.1, 0.15) is 0 Å². The van der Waals surface area contributed by atoms with Crippen molar-refractivity contribution < 1.29 is 42.9 Å². The first-order chi connectivity index (χ1) is 21.7. The van der Waals surface area contributed by atoms with Crippen LogP contribution in [0.25, 0.3) is 10.8 Å². The molecular formula is C40H59F3O6. The molecule has 3 N–H and O–H groups in total. The summed E-state index contributed by atoms with van der Waals surface area (Å²) in [5, 5.41) is 33.7. The maximum absolute atomic E-state index is 16.0. The van der Waals surface area contributed by atoms with Crippen LogP contribution in [0.2, 0.25) is 0 Å². The Bertz CT molecular complexity index is 1540. The van der Waals surface area contributed by atoms with E-state index in [2.05, 4.69) is 26.8 Å². The Morgan fingerprint density at radius 2 is 1.12 bits per heavy atom. The molecule has 0 saturated heterocycles. The number of carboxylic acid groups (broad SMARTS) is 3. The standard InChI is InChI=1S/C40H59F3O6/c1-33(2,3)22-27(26-20-19-24-17-15-16-18-25(24)21-26)36(9,10)35(7,8)23-39(32(48)49,40(41,42)43)38(13,14)37(11,12)29(31(46)47)28(30(44)45)34(4,5)6/h15-21,27-29H,22-23H2,1-14H3,(H,44,45)(H,46,47)(H,48,49). The van der Waals surface area contributed by atoms with Gasteiger partial charge >= 0.3 is 24.1 Å². The van der Waals surface area contributed by atoms with Crippen molar-refractivity contribution in [1.29, 1.82) is 0 Å². The van der Waals surface area contributed by atoms with Crippen molar-refractivity contribution >= 4 is 28.7 Å². The van der Waals surface area contributed by atoms with Gasteiger partial charge in [0, 0.05) is 0 Å². The molecule has 6 nitrogen and oxygen atoms in total. The second kappa shape index (κ2) is 13.2. The summed E-state index contributed by atoms with van der Waals surface area (Å²) in [6, 6.07) is 13.9. The lowest BCUT2D eigenvalue weighted by molar-refractivity contribution is -0.294. The first-order valence-electron chi connectivity index (χ1n) is 16.9. The number of hydrogen-bond donors (Lipinski definition) is 3. The van der Waals surface area contributed by atoms with Gasteiger partial charge in [-0.1, -0.05) is 139 Å². The lowest BCUT2D eigenvalue weighted by atomic mass is 9.43. The van der Waals surface area contributed by atoms with Crippen LogP contribution in [0.1, 0.15) is 121 Å². The average Bonchev–Trinajstić information content (AvgIpc) is 2.89. The van der Waals surface area contributed by atoms with E-state index in [1.165, 1.54) is 34.6 Å². The number of aliphatic carboxylic acids is 3. The van der Waals surface area contributed by atoms with E-state index < -0.39 is 74.8 Å². The molecule has 49 heavy (non-hydrogen) atoms. The summed E-state index contributed by atoms with van der Waals surface area (Å²) in [7, 11) is 0. The van der Waals surface area contributed by atoms with E-state index in [4.69, 9.17) is 0 Å². The second-order valence-corrected chi connectivity index (χ2v) is 18.8. The van der Waals surface area contributed by atoms with Crippen LogP contribution in [0, 0.1) is 49.7 Å². The van der Waals surface area contributed by atoms with Gasteiger partial charge in [0.2, 0.25) is 0 Å². The van der Waals surface area contributed by atoms with Crippen molar-refractivity contribution in [2.24, 2.45) is 49.7 Å². The number of alkyl halides is 3. The van der Waals surface area contributed by atoms with Gasteiger partial charge in [-0.05, 0) is 67.6 Å². The minimum atomic E-state index is -5.35. The molecule has 0 radical (unpaired) electrons. The van der Waals surface area contributed by atoms with Crippen molar-refractivity contribution in [3.63, 3.8) is 0 Å². The molecule has 4 atom stereocenters. The first-order valence-corrected chi connectivity index (χ1v) is 16.9. The molecule has 0 fully saturated rings. The van der Waals surface area contributed by atoms with Crippen LogP contribution < -0.4 is 0 Å². The van der Waals surface area contributed by atoms with E-state index in [-0.39, 0.29) is 11.3 Å². The molecule has 2 aromatic carbocycles. The number of carboxylic acids is 3. The zero-order chi connectivity index (χ0) is 38.6. The molecule has 2 aromatic rings. The molecule has 0 spiro atoms. The van der Waals surface area contributed by atoms with Crippen LogP contribution >= 0.6 is 0 Å². The fourth-order valence-electron chi connectivity index (χ4n) is 8.15. The van der Waals surface area contributed by atoms with Gasteiger partial charge in [0.15, 0.2) is 5.41 Å². The largest absolute Gasteiger partial charge is 0.481 e. The summed E-state index contributed by atoms with van der Waals surface area (Å²) >= 11 is 0. The number of benzene rings is 2. The highest BCUT2D eigenvalue weighted by Crippen LogP contribution is 2.68. The third-order valence-electron chi connectivity index (χ3n) is 12.4. The molecule has 0 aliphatic rings. The molecule has 0 saturated carbocycles. The van der Waals surface area contributed by atoms with Crippen molar-refractivity contribution in [2.45, 2.75) is 122 Å². The summed E-state index contributed by atoms with van der Waals surface area (Å²) in [5.74, 6) is -8.96. The summed E-state index contributed by atoms with van der Waals surface area (Å²) in [6.45, 7) is 22.7. The Morgan fingerprint density at radius 1 is 0.653 bits per heavy atom. The third-order valence-corrected chi connectivity index (χ3v) is 12.4. The molecule has 0 heterocycles. The van der Waals surface area contributed by atoms with E-state index in [0.717, 1.165) is 30.2 Å². The van der Waals surface area contributed by atoms with Gasteiger partial charge < -0.3 is 15.3 Å². The lowest BCUT2D eigenvalue weighted by Gasteiger charge is -2.60. The van der Waals surface area contributed by atoms with Gasteiger partial charge in [-0.25, -0.2) is 0 Å². The van der Waals surface area contributed by atoms with Gasteiger partial charge in [0.25, 0.3) is 0 Å². The molecule has 0 amide bonds. The van der Waals surface area contributed by atoms with Crippen molar-refractivity contribution in [2.75, 3.05) is 0 Å². The molecular weight excluding hydrogens is 633 g/mol. The third kappa shape index (κ3) is 7.65. The zero-order valence-electron chi connectivity index (χ0n) is 31.9. The normalized spacial score (nSPS) is 17.2. The van der Waals surface area contributed by atoms with Crippen LogP contribution in [0.3, 0.4) is 0 Å². The Kier molecular flexibility index (Phi) is 11.4. The minimum Gasteiger partial charge on any atom is -0.481 e. The Hall–Kier alpha value is -3.10. The molecule has 4 unspecified atom stereocenters. The van der Waals surface area contributed by atoms with Crippen molar-refractivity contribution in [1.82, 2.24) is 0 Å². The number of carbonyl (C=O) groups is 3. The topological polar surface area (TPSA) is 112 Å². The first kappa shape index (κ1) is 42.1. The average molecular weight is 693 g/mol. The van der Waals surface area contributed by atoms with Crippen LogP contribution in [0.5, 0.6) is 0 Å². The Balaban J connectivity index is 2.96. The smallest absolute Gasteiger partial charge is 0.405 e. The molecule has 2 rings (SSSR count). The van der Waals surface area contributed by atoms with Gasteiger partial charge in [-0.2, -0.15) is 13.2 Å². The maximum atomic E-state index is 16.0. The maximum Gasteiger partial charge on any atom is 0.405 e.